The molecule has 0 saturated carbocycles. The van der Waals surface area contributed by atoms with Crippen molar-refractivity contribution in [2.24, 2.45) is 0 Å². The second kappa shape index (κ2) is 9.22. The lowest BCUT2D eigenvalue weighted by Crippen LogP contribution is -2.54. The van der Waals surface area contributed by atoms with Crippen molar-refractivity contribution in [1.29, 1.82) is 0 Å². The third-order valence-electron chi connectivity index (χ3n) is 7.18. The van der Waals surface area contributed by atoms with Crippen LogP contribution >= 0.6 is 0 Å². The van der Waals surface area contributed by atoms with Crippen LogP contribution in [0.25, 0.3) is 11.0 Å². The van der Waals surface area contributed by atoms with Gasteiger partial charge >= 0.3 is 0 Å². The molecule has 2 N–H and O–H groups in total. The highest BCUT2D eigenvalue weighted by Gasteiger charge is 2.52. The molecule has 0 aliphatic carbocycles. The Balaban J connectivity index is 1.31. The summed E-state index contributed by atoms with van der Waals surface area (Å²) in [6, 6.07) is 16.3. The number of benzene rings is 2. The highest BCUT2D eigenvalue weighted by atomic mass is 16.5. The lowest BCUT2D eigenvalue weighted by molar-refractivity contribution is -0.140. The summed E-state index contributed by atoms with van der Waals surface area (Å²) in [6.07, 6.45) is 3.62. The molecule has 2 fully saturated rings. The van der Waals surface area contributed by atoms with Crippen molar-refractivity contribution in [2.75, 3.05) is 6.61 Å². The number of likely N-dealkylation sites (tertiary alicyclic amines) is 1. The van der Waals surface area contributed by atoms with Crippen LogP contribution in [0.3, 0.4) is 0 Å². The topological polar surface area (TPSA) is 87.3 Å². The van der Waals surface area contributed by atoms with Gasteiger partial charge in [-0.3, -0.25) is 9.59 Å². The number of carbonyl (C=O) groups is 2. The average Bonchev–Trinajstić information content (AvgIpc) is 3.27. The number of H-pyrrole nitrogens is 1. The Morgan fingerprint density at radius 2 is 2.06 bits per heavy atom. The van der Waals surface area contributed by atoms with E-state index in [0.717, 1.165) is 42.3 Å². The minimum Gasteiger partial charge on any atom is -0.364 e. The molecule has 0 unspecified atom stereocenters. The molecule has 2 aliphatic heterocycles. The van der Waals surface area contributed by atoms with Crippen molar-refractivity contribution in [3.05, 3.63) is 65.5 Å². The number of nitrogens with zero attached hydrogens (tertiary/aromatic N) is 2. The predicted molar refractivity (Wildman–Crippen MR) is 130 cm³/mol. The molecular weight excluding hydrogens is 428 g/mol. The fourth-order valence-corrected chi connectivity index (χ4v) is 5.70. The summed E-state index contributed by atoms with van der Waals surface area (Å²) in [5.74, 6) is 0.758. The molecule has 2 aliphatic rings. The molecule has 2 aromatic carbocycles. The van der Waals surface area contributed by atoms with Crippen LogP contribution in [0.2, 0.25) is 0 Å². The van der Waals surface area contributed by atoms with Gasteiger partial charge in [-0.05, 0) is 62.8 Å². The summed E-state index contributed by atoms with van der Waals surface area (Å²) in [5, 5.41) is 3.23. The lowest BCUT2D eigenvalue weighted by atomic mass is 9.89. The minimum absolute atomic E-state index is 0.0120. The van der Waals surface area contributed by atoms with E-state index >= 15 is 0 Å². The molecular formula is C27H32N4O3. The third-order valence-corrected chi connectivity index (χ3v) is 7.18. The number of carbonyl (C=O) groups excluding carboxylic acids is 2. The third kappa shape index (κ3) is 4.57. The number of aromatic amines is 1. The molecule has 3 aromatic rings. The Hall–Kier alpha value is -3.19. The smallest absolute Gasteiger partial charge is 0.249 e. The quantitative estimate of drug-likeness (QED) is 0.588. The van der Waals surface area contributed by atoms with E-state index in [-0.39, 0.29) is 37.1 Å². The van der Waals surface area contributed by atoms with Crippen molar-refractivity contribution >= 4 is 22.8 Å². The first-order valence-electron chi connectivity index (χ1n) is 12.1. The summed E-state index contributed by atoms with van der Waals surface area (Å²) >= 11 is 0. The molecule has 178 valence electrons. The van der Waals surface area contributed by atoms with Crippen LogP contribution in [-0.2, 0) is 27.4 Å². The predicted octanol–water partition coefficient (Wildman–Crippen LogP) is 3.66. The molecule has 0 radical (unpaired) electrons. The Morgan fingerprint density at radius 1 is 1.24 bits per heavy atom. The number of fused-ring (bicyclic) bond motifs is 2. The molecule has 0 spiro atoms. The zero-order chi connectivity index (χ0) is 23.7. The summed E-state index contributed by atoms with van der Waals surface area (Å²) in [7, 11) is 0. The molecule has 5 rings (SSSR count). The maximum Gasteiger partial charge on any atom is 0.249 e. The van der Waals surface area contributed by atoms with Gasteiger partial charge in [-0.15, -0.1) is 0 Å². The van der Waals surface area contributed by atoms with Gasteiger partial charge in [0, 0.05) is 12.5 Å². The normalized spacial score (nSPS) is 24.6. The first-order valence-corrected chi connectivity index (χ1v) is 12.1. The highest BCUT2D eigenvalue weighted by molar-refractivity contribution is 5.81. The number of amides is 2. The van der Waals surface area contributed by atoms with Crippen LogP contribution in [0.1, 0.15) is 49.6 Å². The van der Waals surface area contributed by atoms with Gasteiger partial charge in [0.2, 0.25) is 11.8 Å². The zero-order valence-electron chi connectivity index (χ0n) is 19.8. The van der Waals surface area contributed by atoms with Crippen molar-refractivity contribution in [3.8, 4) is 0 Å². The second-order valence-corrected chi connectivity index (χ2v) is 9.92. The molecule has 7 heteroatoms. The van der Waals surface area contributed by atoms with Crippen molar-refractivity contribution in [2.45, 2.75) is 70.2 Å². The number of ether oxygens (including phenoxy) is 1. The second-order valence-electron chi connectivity index (χ2n) is 9.92. The molecule has 3 heterocycles. The Bertz CT molecular complexity index is 1190. The minimum atomic E-state index is -0.417. The van der Waals surface area contributed by atoms with Crippen LogP contribution in [0.4, 0.5) is 0 Å². The van der Waals surface area contributed by atoms with Gasteiger partial charge < -0.3 is 19.9 Å². The van der Waals surface area contributed by atoms with E-state index in [1.165, 1.54) is 5.56 Å². The van der Waals surface area contributed by atoms with Crippen LogP contribution in [-0.4, -0.2) is 50.9 Å². The van der Waals surface area contributed by atoms with Gasteiger partial charge in [-0.2, -0.15) is 0 Å². The van der Waals surface area contributed by atoms with E-state index in [4.69, 9.17) is 4.74 Å². The Kier molecular flexibility index (Phi) is 6.13. The summed E-state index contributed by atoms with van der Waals surface area (Å²) < 4.78 is 5.84. The highest BCUT2D eigenvalue weighted by Crippen LogP contribution is 2.39. The fraction of sp³-hybridized carbons (Fsp3) is 0.444. The molecule has 3 atom stereocenters. The van der Waals surface area contributed by atoms with Crippen LogP contribution in [0.15, 0.2) is 48.5 Å². The van der Waals surface area contributed by atoms with Gasteiger partial charge in [-0.1, -0.05) is 36.4 Å². The monoisotopic (exact) mass is 460 g/mol. The van der Waals surface area contributed by atoms with Crippen molar-refractivity contribution in [3.63, 3.8) is 0 Å². The number of imidazole rings is 1. The number of nitrogens with one attached hydrogen (secondary N) is 2. The molecule has 1 aromatic heterocycles. The fourth-order valence-electron chi connectivity index (χ4n) is 5.70. The van der Waals surface area contributed by atoms with Gasteiger partial charge in [0.05, 0.1) is 22.6 Å². The molecule has 34 heavy (non-hydrogen) atoms. The van der Waals surface area contributed by atoms with Gasteiger partial charge in [0.1, 0.15) is 19.0 Å². The molecule has 2 saturated heterocycles. The lowest BCUT2D eigenvalue weighted by Gasteiger charge is -2.35. The largest absolute Gasteiger partial charge is 0.364 e. The first-order chi connectivity index (χ1) is 16.4. The van der Waals surface area contributed by atoms with E-state index in [1.54, 1.807) is 0 Å². The number of rotatable bonds is 6. The van der Waals surface area contributed by atoms with E-state index in [2.05, 4.69) is 40.4 Å². The van der Waals surface area contributed by atoms with E-state index < -0.39 is 5.54 Å². The van der Waals surface area contributed by atoms with E-state index in [0.29, 0.717) is 12.2 Å². The number of aromatic nitrogens is 2. The number of aryl methyl sites for hydroxylation is 1. The maximum absolute atomic E-state index is 13.5. The summed E-state index contributed by atoms with van der Waals surface area (Å²) in [4.78, 5) is 35.7. The molecule has 2 amide bonds. The zero-order valence-corrected chi connectivity index (χ0v) is 19.8. The molecule has 7 nitrogen and oxygen atoms in total. The van der Waals surface area contributed by atoms with Crippen LogP contribution < -0.4 is 5.32 Å². The average molecular weight is 461 g/mol. The van der Waals surface area contributed by atoms with Crippen molar-refractivity contribution < 1.29 is 14.3 Å². The van der Waals surface area contributed by atoms with Gasteiger partial charge in [0.15, 0.2) is 0 Å². The summed E-state index contributed by atoms with van der Waals surface area (Å²) in [5.41, 5.74) is 3.80. The van der Waals surface area contributed by atoms with Crippen LogP contribution in [0, 0.1) is 6.92 Å². The van der Waals surface area contributed by atoms with Crippen LogP contribution in [0.5, 0.6) is 0 Å². The van der Waals surface area contributed by atoms with Gasteiger partial charge in [-0.25, -0.2) is 4.98 Å². The van der Waals surface area contributed by atoms with E-state index in [9.17, 15) is 9.59 Å². The number of hydrogen-bond donors (Lipinski definition) is 2. The summed E-state index contributed by atoms with van der Waals surface area (Å²) in [6.45, 7) is 4.36. The number of hydrogen-bond acceptors (Lipinski definition) is 4. The molecule has 0 bridgehead atoms. The Labute approximate surface area is 199 Å². The van der Waals surface area contributed by atoms with Gasteiger partial charge in [0.25, 0.3) is 0 Å². The maximum atomic E-state index is 13.5. The SMILES string of the molecule is Cc1ccc2nc(COCC(=O)N3[C@H](Cc4ccccc4)C[C@]4(C)NC(=O)CCC[C@H]34)[nH]c2c1. The Morgan fingerprint density at radius 3 is 2.88 bits per heavy atom. The standard InChI is InChI=1S/C27H32N4O3/c1-18-11-12-21-22(13-18)29-24(28-21)16-34-17-26(33)31-20(14-19-7-4-3-5-8-19)15-27(2)23(31)9-6-10-25(32)30-27/h3-5,7-8,11-13,20,23H,6,9-10,14-17H2,1-2H3,(H,28,29)(H,30,32)/t20-,23+,27+/m1/s1. The van der Waals surface area contributed by atoms with Crippen molar-refractivity contribution in [1.82, 2.24) is 20.2 Å². The van der Waals surface area contributed by atoms with E-state index in [1.807, 2.05) is 42.2 Å². The first kappa shape index (κ1) is 22.6.